The molecule has 3 aliphatic heterocycles. The van der Waals surface area contributed by atoms with Gasteiger partial charge in [-0.05, 0) is 87.0 Å². The lowest BCUT2D eigenvalue weighted by Crippen LogP contribution is -2.48. The van der Waals surface area contributed by atoms with Gasteiger partial charge in [-0.25, -0.2) is 0 Å². The van der Waals surface area contributed by atoms with E-state index < -0.39 is 13.0 Å². The van der Waals surface area contributed by atoms with E-state index in [4.69, 9.17) is 4.65 Å². The molecule has 2 aromatic carbocycles. The van der Waals surface area contributed by atoms with E-state index in [1.807, 2.05) is 18.2 Å². The number of aromatic hydroxyl groups is 1. The van der Waals surface area contributed by atoms with E-state index in [-0.39, 0.29) is 41.5 Å². The minimum Gasteiger partial charge on any atom is -0.508 e. The van der Waals surface area contributed by atoms with Crippen LogP contribution in [-0.4, -0.2) is 64.1 Å². The molecule has 42 heavy (non-hydrogen) atoms. The Morgan fingerprint density at radius 3 is 2.55 bits per heavy atom. The molecule has 4 aliphatic rings. The summed E-state index contributed by atoms with van der Waals surface area (Å²) in [6.45, 7) is 6.74. The Labute approximate surface area is 249 Å². The van der Waals surface area contributed by atoms with Crippen LogP contribution in [0.25, 0.3) is 6.08 Å². The first-order valence-corrected chi connectivity index (χ1v) is 15.4. The Morgan fingerprint density at radius 1 is 1.05 bits per heavy atom. The van der Waals surface area contributed by atoms with E-state index in [0.717, 1.165) is 61.2 Å². The molecule has 0 radical (unpaired) electrons. The van der Waals surface area contributed by atoms with Crippen molar-refractivity contribution in [3.05, 3.63) is 82.4 Å². The van der Waals surface area contributed by atoms with E-state index in [1.165, 1.54) is 5.56 Å². The van der Waals surface area contributed by atoms with Crippen molar-refractivity contribution in [1.29, 1.82) is 0 Å². The number of phenolic OH excluding ortho intramolecular Hbond substituents is 1. The van der Waals surface area contributed by atoms with Crippen molar-refractivity contribution in [2.75, 3.05) is 13.1 Å². The van der Waals surface area contributed by atoms with Gasteiger partial charge in [-0.1, -0.05) is 59.7 Å². The third kappa shape index (κ3) is 5.85. The quantitative estimate of drug-likeness (QED) is 0.276. The molecule has 0 spiro atoms. The molecule has 0 unspecified atom stereocenters. The second-order valence-corrected chi connectivity index (χ2v) is 12.7. The van der Waals surface area contributed by atoms with E-state index in [2.05, 4.69) is 49.1 Å². The number of nitrogens with zero attached hydrogens (tertiary/aromatic N) is 2. The summed E-state index contributed by atoms with van der Waals surface area (Å²) in [7, 11) is -0.955. The first kappa shape index (κ1) is 28.9. The molecule has 8 heteroatoms. The van der Waals surface area contributed by atoms with Crippen LogP contribution in [0.5, 0.6) is 5.75 Å². The highest BCUT2D eigenvalue weighted by atomic mass is 16.5. The number of carbonyl (C=O) groups excluding carboxylic acids is 2. The predicted molar refractivity (Wildman–Crippen MR) is 163 cm³/mol. The van der Waals surface area contributed by atoms with Crippen molar-refractivity contribution in [2.24, 2.45) is 17.8 Å². The SMILES string of the molecule is CC1=C2[C@@H](CC/C(C)=C/c3cccc(O)c3)OB(O)C[C@@H]2[C@@H]2C(=O)N(C3CCN(Cc4ccccc4)CC3)C(=O)[C@@H]2C1. The maximum atomic E-state index is 14.0. The van der Waals surface area contributed by atoms with Crippen LogP contribution in [0.1, 0.15) is 57.1 Å². The number of allylic oxidation sites excluding steroid dienone is 2. The van der Waals surface area contributed by atoms with Gasteiger partial charge in [-0.2, -0.15) is 0 Å². The Balaban J connectivity index is 1.13. The number of piperidine rings is 1. The minimum absolute atomic E-state index is 0.0210. The molecule has 3 saturated heterocycles. The van der Waals surface area contributed by atoms with E-state index >= 15 is 0 Å². The summed E-state index contributed by atoms with van der Waals surface area (Å²) in [4.78, 5) is 31.8. The third-order valence-corrected chi connectivity index (χ3v) is 9.74. The smallest absolute Gasteiger partial charge is 0.455 e. The predicted octanol–water partition coefficient (Wildman–Crippen LogP) is 5.06. The minimum atomic E-state index is -0.955. The topological polar surface area (TPSA) is 90.3 Å². The van der Waals surface area contributed by atoms with Gasteiger partial charge in [0, 0.05) is 25.7 Å². The van der Waals surface area contributed by atoms with Gasteiger partial charge in [0.25, 0.3) is 0 Å². The van der Waals surface area contributed by atoms with Gasteiger partial charge in [0.15, 0.2) is 0 Å². The molecular formula is C34H41BN2O5. The number of likely N-dealkylation sites (tertiary alicyclic amines) is 2. The third-order valence-electron chi connectivity index (χ3n) is 9.74. The Kier molecular flexibility index (Phi) is 8.39. The average molecular weight is 569 g/mol. The molecule has 0 aromatic heterocycles. The zero-order valence-corrected chi connectivity index (χ0v) is 24.6. The lowest BCUT2D eigenvalue weighted by atomic mass is 9.59. The number of phenols is 1. The van der Waals surface area contributed by atoms with Gasteiger partial charge in [0.05, 0.1) is 17.9 Å². The van der Waals surface area contributed by atoms with Crippen molar-refractivity contribution in [3.8, 4) is 5.75 Å². The van der Waals surface area contributed by atoms with Crippen molar-refractivity contribution in [2.45, 2.75) is 71.0 Å². The zero-order valence-electron chi connectivity index (χ0n) is 24.6. The van der Waals surface area contributed by atoms with Gasteiger partial charge in [0.2, 0.25) is 11.8 Å². The molecule has 1 aliphatic carbocycles. The van der Waals surface area contributed by atoms with Gasteiger partial charge in [-0.3, -0.25) is 19.4 Å². The molecule has 2 amide bonds. The molecule has 0 saturated carbocycles. The van der Waals surface area contributed by atoms with Crippen LogP contribution in [0, 0.1) is 17.8 Å². The first-order chi connectivity index (χ1) is 20.3. The lowest BCUT2D eigenvalue weighted by molar-refractivity contribution is -0.144. The number of rotatable bonds is 7. The maximum Gasteiger partial charge on any atom is 0.455 e. The summed E-state index contributed by atoms with van der Waals surface area (Å²) in [5, 5.41) is 20.6. The number of imide groups is 1. The van der Waals surface area contributed by atoms with Crippen LogP contribution < -0.4 is 0 Å². The molecule has 220 valence electrons. The zero-order chi connectivity index (χ0) is 29.4. The van der Waals surface area contributed by atoms with E-state index in [9.17, 15) is 19.7 Å². The van der Waals surface area contributed by atoms with Gasteiger partial charge in [-0.15, -0.1) is 0 Å². The van der Waals surface area contributed by atoms with Crippen LogP contribution in [0.15, 0.2) is 71.3 Å². The highest BCUT2D eigenvalue weighted by Crippen LogP contribution is 2.51. The lowest BCUT2D eigenvalue weighted by Gasteiger charge is -2.42. The summed E-state index contributed by atoms with van der Waals surface area (Å²) in [5.74, 6) is -0.761. The number of amides is 2. The first-order valence-electron chi connectivity index (χ1n) is 15.4. The van der Waals surface area contributed by atoms with Crippen molar-refractivity contribution in [1.82, 2.24) is 9.80 Å². The molecule has 0 bridgehead atoms. The van der Waals surface area contributed by atoms with Gasteiger partial charge in [0.1, 0.15) is 5.75 Å². The van der Waals surface area contributed by atoms with Gasteiger partial charge >= 0.3 is 7.12 Å². The van der Waals surface area contributed by atoms with Gasteiger partial charge < -0.3 is 14.8 Å². The second kappa shape index (κ2) is 12.2. The Hall–Kier alpha value is -3.20. The highest BCUT2D eigenvalue weighted by molar-refractivity contribution is 6.43. The van der Waals surface area contributed by atoms with Crippen LogP contribution in [0.2, 0.25) is 6.32 Å². The Morgan fingerprint density at radius 2 is 1.81 bits per heavy atom. The number of carbonyl (C=O) groups is 2. The maximum absolute atomic E-state index is 14.0. The van der Waals surface area contributed by atoms with E-state index in [1.54, 1.807) is 17.0 Å². The monoisotopic (exact) mass is 568 g/mol. The molecule has 2 N–H and O–H groups in total. The average Bonchev–Trinajstić information content (AvgIpc) is 3.21. The molecule has 2 aromatic rings. The fourth-order valence-electron chi connectivity index (χ4n) is 7.81. The van der Waals surface area contributed by atoms with Crippen LogP contribution in [0.4, 0.5) is 0 Å². The molecule has 6 rings (SSSR count). The molecule has 4 atom stereocenters. The largest absolute Gasteiger partial charge is 0.508 e. The summed E-state index contributed by atoms with van der Waals surface area (Å²) in [6, 6.07) is 17.5. The van der Waals surface area contributed by atoms with Crippen LogP contribution in [0.3, 0.4) is 0 Å². The van der Waals surface area contributed by atoms with Crippen LogP contribution >= 0.6 is 0 Å². The number of benzene rings is 2. The van der Waals surface area contributed by atoms with E-state index in [0.29, 0.717) is 19.2 Å². The summed E-state index contributed by atoms with van der Waals surface area (Å²) in [6.07, 6.45) is 5.74. The standard InChI is InChI=1S/C34H41BN2O5/c1-22(17-25-9-6-10-27(38)19-25)11-12-30-31-23(2)18-28-32(29(31)20-35(41)42-30)34(40)37(33(28)39)26-13-15-36(16-14-26)21-24-7-4-3-5-8-24/h3-10,17,19,26,28-30,32,38,41H,11-16,18,20-21H2,1-2H3/b22-17+/t28-,29+,30-,32-/m1/s1. The Bertz CT molecular complexity index is 1380. The molecule has 7 nitrogen and oxygen atoms in total. The number of hydrogen-bond donors (Lipinski definition) is 2. The number of hydrogen-bond acceptors (Lipinski definition) is 6. The summed E-state index contributed by atoms with van der Waals surface area (Å²) in [5.41, 5.74) is 5.61. The normalized spacial score (nSPS) is 27.5. The second-order valence-electron chi connectivity index (χ2n) is 12.7. The number of fused-ring (bicyclic) bond motifs is 3. The fraction of sp³-hybridized carbons (Fsp3) is 0.471. The summed E-state index contributed by atoms with van der Waals surface area (Å²) >= 11 is 0. The van der Waals surface area contributed by atoms with Crippen LogP contribution in [-0.2, 0) is 20.8 Å². The van der Waals surface area contributed by atoms with Crippen molar-refractivity contribution in [3.63, 3.8) is 0 Å². The highest BCUT2D eigenvalue weighted by Gasteiger charge is 2.58. The summed E-state index contributed by atoms with van der Waals surface area (Å²) < 4.78 is 6.08. The molecule has 3 heterocycles. The van der Waals surface area contributed by atoms with Crippen molar-refractivity contribution >= 4 is 25.0 Å². The molecular weight excluding hydrogens is 527 g/mol. The fourth-order valence-corrected chi connectivity index (χ4v) is 7.81. The van der Waals surface area contributed by atoms with Crippen molar-refractivity contribution < 1.29 is 24.4 Å². The molecule has 3 fully saturated rings.